The Labute approximate surface area is 189 Å². The molecule has 0 spiro atoms. The van der Waals surface area contributed by atoms with Gasteiger partial charge in [0.15, 0.2) is 0 Å². The molecule has 0 aliphatic heterocycles. The van der Waals surface area contributed by atoms with Gasteiger partial charge >= 0.3 is 0 Å². The van der Waals surface area contributed by atoms with Gasteiger partial charge < -0.3 is 0 Å². The van der Waals surface area contributed by atoms with Gasteiger partial charge in [-0.15, -0.1) is 0 Å². The minimum atomic E-state index is -0.355. The van der Waals surface area contributed by atoms with E-state index in [0.717, 1.165) is 44.5 Å². The Morgan fingerprint density at radius 1 is 0.333 bits per heavy atom. The third kappa shape index (κ3) is 4.12. The fourth-order valence-electron chi connectivity index (χ4n) is 4.32. The van der Waals surface area contributed by atoms with Crippen molar-refractivity contribution in [2.24, 2.45) is 0 Å². The summed E-state index contributed by atoms with van der Waals surface area (Å²) in [4.78, 5) is 0. The Morgan fingerprint density at radius 3 is 0.848 bits per heavy atom. The molecule has 0 radical (unpaired) electrons. The van der Waals surface area contributed by atoms with E-state index in [9.17, 15) is 17.6 Å². The van der Waals surface area contributed by atoms with Crippen molar-refractivity contribution < 1.29 is 17.6 Å². The lowest BCUT2D eigenvalue weighted by Gasteiger charge is -2.15. The van der Waals surface area contributed by atoms with Gasteiger partial charge in [-0.25, -0.2) is 17.6 Å². The maximum absolute atomic E-state index is 13.7. The normalized spacial score (nSPS) is 13.7. The second kappa shape index (κ2) is 8.55. The largest absolute Gasteiger partial charge is 0.207 e. The molecule has 4 aromatic rings. The maximum atomic E-state index is 13.7. The van der Waals surface area contributed by atoms with E-state index in [1.54, 1.807) is 48.5 Å². The summed E-state index contributed by atoms with van der Waals surface area (Å²) >= 11 is 0. The molecule has 0 aromatic heterocycles. The Balaban J connectivity index is 1.80. The van der Waals surface area contributed by atoms with Crippen LogP contribution in [0.15, 0.2) is 97.1 Å². The summed E-state index contributed by atoms with van der Waals surface area (Å²) < 4.78 is 54.8. The molecule has 0 unspecified atom stereocenters. The van der Waals surface area contributed by atoms with Crippen molar-refractivity contribution >= 4 is 22.3 Å². The molecule has 4 aromatic carbocycles. The second-order valence-electron chi connectivity index (χ2n) is 7.91. The summed E-state index contributed by atoms with van der Waals surface area (Å²) in [6.07, 6.45) is 0.497. The van der Waals surface area contributed by atoms with E-state index >= 15 is 0 Å². The first-order valence-electron chi connectivity index (χ1n) is 10.5. The third-order valence-corrected chi connectivity index (χ3v) is 5.86. The Hall–Kier alpha value is -3.92. The highest BCUT2D eigenvalue weighted by molar-refractivity contribution is 6.27. The first-order valence-corrected chi connectivity index (χ1v) is 10.5. The molecule has 4 heteroatoms. The van der Waals surface area contributed by atoms with Crippen molar-refractivity contribution in [3.8, 4) is 0 Å². The molecule has 0 fully saturated rings. The lowest BCUT2D eigenvalue weighted by molar-refractivity contribution is 0.627. The van der Waals surface area contributed by atoms with Gasteiger partial charge in [0.2, 0.25) is 0 Å². The molecule has 0 amide bonds. The number of hydrogen-bond acceptors (Lipinski definition) is 0. The number of rotatable bonds is 4. The van der Waals surface area contributed by atoms with Gasteiger partial charge in [-0.2, -0.15) is 0 Å². The van der Waals surface area contributed by atoms with Gasteiger partial charge in [0.1, 0.15) is 23.3 Å². The summed E-state index contributed by atoms with van der Waals surface area (Å²) in [6, 6.07) is 24.8. The van der Waals surface area contributed by atoms with Crippen LogP contribution in [0.2, 0.25) is 0 Å². The monoisotopic (exact) mass is 442 g/mol. The summed E-state index contributed by atoms with van der Waals surface area (Å²) in [6.45, 7) is 0. The standard InChI is InChI=1S/C29H18F4/c30-22-9-1-18(2-10-22)26-17-27(19-3-11-23(31)12-4-19)29(21-7-15-25(33)16-8-21)28(26)20-5-13-24(32)14-6-20/h1-16H,17H2. The summed E-state index contributed by atoms with van der Waals surface area (Å²) in [5.74, 6) is -1.39. The van der Waals surface area contributed by atoms with Crippen LogP contribution in [0, 0.1) is 23.3 Å². The molecule has 1 aliphatic carbocycles. The summed E-state index contributed by atoms with van der Waals surface area (Å²) in [5.41, 5.74) is 6.79. The van der Waals surface area contributed by atoms with Crippen LogP contribution >= 0.6 is 0 Å². The molecule has 0 heterocycles. The van der Waals surface area contributed by atoms with E-state index in [-0.39, 0.29) is 23.3 Å². The SMILES string of the molecule is Fc1ccc(C2=C(c3ccc(F)cc3)C(c3ccc(F)cc3)=C(c3ccc(F)cc3)C2)cc1. The van der Waals surface area contributed by atoms with E-state index < -0.39 is 0 Å². The number of hydrogen-bond donors (Lipinski definition) is 0. The highest BCUT2D eigenvalue weighted by atomic mass is 19.1. The van der Waals surface area contributed by atoms with Gasteiger partial charge in [0.05, 0.1) is 0 Å². The zero-order valence-electron chi connectivity index (χ0n) is 17.5. The van der Waals surface area contributed by atoms with Gasteiger partial charge in [-0.1, -0.05) is 48.5 Å². The van der Waals surface area contributed by atoms with E-state index in [1.165, 1.54) is 48.5 Å². The third-order valence-electron chi connectivity index (χ3n) is 5.86. The zero-order chi connectivity index (χ0) is 22.9. The average Bonchev–Trinajstić information content (AvgIpc) is 3.21. The van der Waals surface area contributed by atoms with Crippen molar-refractivity contribution in [2.45, 2.75) is 6.42 Å². The molecule has 0 atom stereocenters. The molecular formula is C29H18F4. The van der Waals surface area contributed by atoms with Crippen molar-refractivity contribution in [1.82, 2.24) is 0 Å². The van der Waals surface area contributed by atoms with Gasteiger partial charge in [0, 0.05) is 0 Å². The fraction of sp³-hybridized carbons (Fsp3) is 0.0345. The molecule has 0 bridgehead atoms. The Kier molecular flexibility index (Phi) is 5.43. The topological polar surface area (TPSA) is 0 Å². The first kappa shape index (κ1) is 21.0. The van der Waals surface area contributed by atoms with Gasteiger partial charge in [-0.3, -0.25) is 0 Å². The molecule has 0 N–H and O–H groups in total. The fourth-order valence-corrected chi connectivity index (χ4v) is 4.32. The minimum Gasteiger partial charge on any atom is -0.207 e. The van der Waals surface area contributed by atoms with Crippen molar-refractivity contribution in [1.29, 1.82) is 0 Å². The predicted octanol–water partition coefficient (Wildman–Crippen LogP) is 8.17. The molecule has 0 saturated heterocycles. The van der Waals surface area contributed by atoms with Gasteiger partial charge in [0.25, 0.3) is 0 Å². The van der Waals surface area contributed by atoms with E-state index in [2.05, 4.69) is 0 Å². The Bertz CT molecular complexity index is 1250. The average molecular weight is 442 g/mol. The number of allylic oxidation sites excluding steroid dienone is 4. The lowest BCUT2D eigenvalue weighted by Crippen LogP contribution is -1.93. The van der Waals surface area contributed by atoms with Crippen LogP contribution in [0.25, 0.3) is 22.3 Å². The van der Waals surface area contributed by atoms with Crippen LogP contribution in [-0.2, 0) is 0 Å². The van der Waals surface area contributed by atoms with E-state index in [4.69, 9.17) is 0 Å². The van der Waals surface area contributed by atoms with Crippen LogP contribution in [-0.4, -0.2) is 0 Å². The summed E-state index contributed by atoms with van der Waals surface area (Å²) in [7, 11) is 0. The van der Waals surface area contributed by atoms with Crippen LogP contribution < -0.4 is 0 Å². The molecule has 162 valence electrons. The van der Waals surface area contributed by atoms with Crippen molar-refractivity contribution in [3.05, 3.63) is 143 Å². The lowest BCUT2D eigenvalue weighted by atomic mass is 9.89. The molecular weight excluding hydrogens is 424 g/mol. The van der Waals surface area contributed by atoms with E-state index in [0.29, 0.717) is 6.42 Å². The van der Waals surface area contributed by atoms with Crippen LogP contribution in [0.4, 0.5) is 17.6 Å². The number of benzene rings is 4. The highest BCUT2D eigenvalue weighted by Crippen LogP contribution is 2.51. The van der Waals surface area contributed by atoms with Crippen molar-refractivity contribution in [3.63, 3.8) is 0 Å². The molecule has 0 saturated carbocycles. The number of halogens is 4. The Morgan fingerprint density at radius 2 is 0.576 bits per heavy atom. The maximum Gasteiger partial charge on any atom is 0.123 e. The quantitative estimate of drug-likeness (QED) is 0.280. The van der Waals surface area contributed by atoms with Crippen molar-refractivity contribution in [2.75, 3.05) is 0 Å². The van der Waals surface area contributed by atoms with E-state index in [1.807, 2.05) is 0 Å². The second-order valence-corrected chi connectivity index (χ2v) is 7.91. The van der Waals surface area contributed by atoms with Crippen LogP contribution in [0.5, 0.6) is 0 Å². The van der Waals surface area contributed by atoms with Gasteiger partial charge in [-0.05, 0) is 99.5 Å². The first-order chi connectivity index (χ1) is 16.0. The minimum absolute atomic E-state index is 0.342. The smallest absolute Gasteiger partial charge is 0.123 e. The molecule has 5 rings (SSSR count). The van der Waals surface area contributed by atoms with Crippen LogP contribution in [0.3, 0.4) is 0 Å². The molecule has 0 nitrogen and oxygen atoms in total. The summed E-state index contributed by atoms with van der Waals surface area (Å²) in [5, 5.41) is 0. The molecule has 1 aliphatic rings. The van der Waals surface area contributed by atoms with Crippen LogP contribution in [0.1, 0.15) is 28.7 Å². The highest BCUT2D eigenvalue weighted by Gasteiger charge is 2.28. The zero-order valence-corrected chi connectivity index (χ0v) is 17.5. The predicted molar refractivity (Wildman–Crippen MR) is 124 cm³/mol. The molecule has 33 heavy (non-hydrogen) atoms.